The lowest BCUT2D eigenvalue weighted by Gasteiger charge is -2.36. The van der Waals surface area contributed by atoms with Gasteiger partial charge in [-0.1, -0.05) is 32.4 Å². The van der Waals surface area contributed by atoms with Crippen molar-refractivity contribution in [2.24, 2.45) is 5.41 Å². The van der Waals surface area contributed by atoms with Gasteiger partial charge < -0.3 is 30.7 Å². The first kappa shape index (κ1) is 26.2. The van der Waals surface area contributed by atoms with E-state index in [2.05, 4.69) is 10.6 Å². The molecule has 1 aromatic rings. The van der Waals surface area contributed by atoms with Crippen LogP contribution in [0.15, 0.2) is 18.2 Å². The molecule has 0 aliphatic carbocycles. The summed E-state index contributed by atoms with van der Waals surface area (Å²) in [7, 11) is 0. The number of cyclic esters (lactones) is 1. The molecule has 2 fully saturated rings. The minimum atomic E-state index is -0.732. The number of carbonyl (C=O) groups is 3. The lowest BCUT2D eigenvalue weighted by molar-refractivity contribution is -0.163. The van der Waals surface area contributed by atoms with Crippen LogP contribution in [0.1, 0.15) is 57.3 Å². The lowest BCUT2D eigenvalue weighted by atomic mass is 9.85. The lowest BCUT2D eigenvalue weighted by Crippen LogP contribution is -2.57. The molecule has 0 bridgehead atoms. The molecule has 1 aromatic carbocycles. The predicted molar refractivity (Wildman–Crippen MR) is 129 cm³/mol. The monoisotopic (exact) mass is 494 g/mol. The molecular formula is C24H35ClN4O5. The quantitative estimate of drug-likeness (QED) is 0.374. The molecule has 9 nitrogen and oxygen atoms in total. The van der Waals surface area contributed by atoms with Crippen LogP contribution in [0.5, 0.6) is 0 Å². The number of nitrogen functional groups attached to an aromatic ring is 1. The van der Waals surface area contributed by atoms with Gasteiger partial charge >= 0.3 is 5.97 Å². The molecule has 10 heteroatoms. The molecule has 4 N–H and O–H groups in total. The second-order valence-corrected chi connectivity index (χ2v) is 10.3. The number of nitrogens with two attached hydrogens (primary N) is 1. The summed E-state index contributed by atoms with van der Waals surface area (Å²) in [6.45, 7) is 9.16. The van der Waals surface area contributed by atoms with Gasteiger partial charge in [0.1, 0.15) is 6.04 Å². The van der Waals surface area contributed by atoms with Gasteiger partial charge in [-0.2, -0.15) is 0 Å². The highest BCUT2D eigenvalue weighted by Crippen LogP contribution is 2.27. The molecule has 2 saturated heterocycles. The number of nitrogens with zero attached hydrogens (tertiary/aromatic N) is 1. The van der Waals surface area contributed by atoms with E-state index >= 15 is 0 Å². The maximum absolute atomic E-state index is 13.6. The van der Waals surface area contributed by atoms with Crippen LogP contribution < -0.4 is 16.4 Å². The van der Waals surface area contributed by atoms with E-state index in [1.165, 1.54) is 6.07 Å². The van der Waals surface area contributed by atoms with Gasteiger partial charge in [-0.05, 0) is 43.4 Å². The van der Waals surface area contributed by atoms with Crippen molar-refractivity contribution in [2.45, 2.75) is 71.4 Å². The second kappa shape index (κ2) is 10.9. The van der Waals surface area contributed by atoms with E-state index in [0.29, 0.717) is 30.9 Å². The third-order valence-corrected chi connectivity index (χ3v) is 6.55. The first-order valence-electron chi connectivity index (χ1n) is 11.7. The van der Waals surface area contributed by atoms with Gasteiger partial charge in [0.2, 0.25) is 12.2 Å². The van der Waals surface area contributed by atoms with Crippen LogP contribution in [0.2, 0.25) is 5.02 Å². The zero-order chi connectivity index (χ0) is 25.0. The van der Waals surface area contributed by atoms with Gasteiger partial charge in [0.05, 0.1) is 23.2 Å². The molecule has 2 aliphatic heterocycles. The fraction of sp³-hybridized carbons (Fsp3) is 0.625. The molecule has 4 atom stereocenters. The number of rotatable bonds is 8. The van der Waals surface area contributed by atoms with Gasteiger partial charge in [0, 0.05) is 31.3 Å². The number of ether oxygens (including phenoxy) is 2. The first-order chi connectivity index (χ1) is 16.0. The number of amides is 2. The summed E-state index contributed by atoms with van der Waals surface area (Å²) in [6.07, 6.45) is 1.32. The van der Waals surface area contributed by atoms with E-state index in [4.69, 9.17) is 26.8 Å². The molecule has 2 heterocycles. The Morgan fingerprint density at radius 3 is 2.74 bits per heavy atom. The number of likely N-dealkylation sites (tertiary alicyclic amines) is 1. The summed E-state index contributed by atoms with van der Waals surface area (Å²) in [4.78, 5) is 40.1. The Balaban J connectivity index is 1.68. The van der Waals surface area contributed by atoms with Crippen LogP contribution in [-0.4, -0.2) is 66.8 Å². The third-order valence-electron chi connectivity index (χ3n) is 6.22. The van der Waals surface area contributed by atoms with Crippen molar-refractivity contribution in [3.63, 3.8) is 0 Å². The molecule has 0 saturated carbocycles. The number of hydrogen-bond acceptors (Lipinski definition) is 7. The van der Waals surface area contributed by atoms with E-state index in [9.17, 15) is 14.4 Å². The fourth-order valence-electron chi connectivity index (χ4n) is 4.34. The Bertz CT molecular complexity index is 919. The Morgan fingerprint density at radius 1 is 1.35 bits per heavy atom. The minimum Gasteiger partial charge on any atom is -0.434 e. The average molecular weight is 495 g/mol. The van der Waals surface area contributed by atoms with E-state index in [1.807, 2.05) is 32.6 Å². The number of anilines is 1. The maximum Gasteiger partial charge on any atom is 0.309 e. The van der Waals surface area contributed by atoms with Crippen molar-refractivity contribution in [1.29, 1.82) is 0 Å². The second-order valence-electron chi connectivity index (χ2n) is 9.87. The van der Waals surface area contributed by atoms with E-state index in [-0.39, 0.29) is 41.3 Å². The summed E-state index contributed by atoms with van der Waals surface area (Å²) < 4.78 is 10.7. The molecule has 3 rings (SSSR count). The van der Waals surface area contributed by atoms with Crippen LogP contribution >= 0.6 is 11.6 Å². The number of hydrogen-bond donors (Lipinski definition) is 3. The number of carbonyl (C=O) groups excluding carboxylic acids is 3. The van der Waals surface area contributed by atoms with Crippen molar-refractivity contribution in [1.82, 2.24) is 15.5 Å². The van der Waals surface area contributed by atoms with E-state index in [1.54, 1.807) is 12.1 Å². The fourth-order valence-corrected chi connectivity index (χ4v) is 4.52. The van der Waals surface area contributed by atoms with Crippen LogP contribution in [-0.2, 0) is 19.1 Å². The Labute approximate surface area is 205 Å². The van der Waals surface area contributed by atoms with Crippen LogP contribution in [0.4, 0.5) is 5.69 Å². The van der Waals surface area contributed by atoms with Gasteiger partial charge in [-0.3, -0.25) is 14.4 Å². The molecule has 0 aromatic heterocycles. The highest BCUT2D eigenvalue weighted by atomic mass is 35.5. The SMILES string of the molecule is CCOC1OC(=O)CC1NCC1CCCN1C(=O)C(NC(=O)c1ccc(N)c(Cl)c1)C(C)(C)C. The highest BCUT2D eigenvalue weighted by Gasteiger charge is 2.41. The van der Waals surface area contributed by atoms with E-state index in [0.717, 1.165) is 12.8 Å². The van der Waals surface area contributed by atoms with Crippen LogP contribution in [0, 0.1) is 5.41 Å². The molecule has 2 amide bonds. The zero-order valence-electron chi connectivity index (χ0n) is 20.2. The highest BCUT2D eigenvalue weighted by molar-refractivity contribution is 6.33. The molecule has 2 aliphatic rings. The average Bonchev–Trinajstić information content (AvgIpc) is 3.37. The summed E-state index contributed by atoms with van der Waals surface area (Å²) in [6, 6.07) is 3.61. The Kier molecular flexibility index (Phi) is 8.43. The van der Waals surface area contributed by atoms with Crippen molar-refractivity contribution in [3.05, 3.63) is 28.8 Å². The molecule has 4 unspecified atom stereocenters. The topological polar surface area (TPSA) is 123 Å². The van der Waals surface area contributed by atoms with Gasteiger partial charge in [0.25, 0.3) is 5.91 Å². The molecular weight excluding hydrogens is 460 g/mol. The number of nitrogens with one attached hydrogen (secondary N) is 2. The summed E-state index contributed by atoms with van der Waals surface area (Å²) in [5.41, 5.74) is 5.96. The molecule has 0 radical (unpaired) electrons. The Morgan fingerprint density at radius 2 is 2.09 bits per heavy atom. The van der Waals surface area contributed by atoms with E-state index < -0.39 is 17.7 Å². The molecule has 188 valence electrons. The smallest absolute Gasteiger partial charge is 0.309 e. The van der Waals surface area contributed by atoms with Crippen molar-refractivity contribution in [3.8, 4) is 0 Å². The minimum absolute atomic E-state index is 0.0572. The molecule has 34 heavy (non-hydrogen) atoms. The summed E-state index contributed by atoms with van der Waals surface area (Å²) >= 11 is 6.07. The normalized spacial score (nSPS) is 23.6. The predicted octanol–water partition coefficient (Wildman–Crippen LogP) is 2.33. The van der Waals surface area contributed by atoms with Crippen molar-refractivity contribution < 1.29 is 23.9 Å². The summed E-state index contributed by atoms with van der Waals surface area (Å²) in [5.74, 6) is -0.814. The van der Waals surface area contributed by atoms with Crippen LogP contribution in [0.3, 0.4) is 0 Å². The number of esters is 1. The van der Waals surface area contributed by atoms with Crippen LogP contribution in [0.25, 0.3) is 0 Å². The summed E-state index contributed by atoms with van der Waals surface area (Å²) in [5, 5.41) is 6.55. The number of halogens is 1. The Hall–Kier alpha value is -2.36. The van der Waals surface area contributed by atoms with Gasteiger partial charge in [-0.15, -0.1) is 0 Å². The number of benzene rings is 1. The molecule has 0 spiro atoms. The standard InChI is InChI=1S/C24H35ClN4O5/c1-5-33-23-18(12-19(30)34-23)27-13-15-7-6-10-29(15)22(32)20(24(2,3)4)28-21(31)14-8-9-17(26)16(25)11-14/h8-9,11,15,18,20,23,27H,5-7,10,12-13,26H2,1-4H3,(H,28,31). The largest absolute Gasteiger partial charge is 0.434 e. The third kappa shape index (κ3) is 6.20. The van der Waals surface area contributed by atoms with Gasteiger partial charge in [0.15, 0.2) is 0 Å². The first-order valence-corrected chi connectivity index (χ1v) is 12.1. The van der Waals surface area contributed by atoms with Crippen molar-refractivity contribution in [2.75, 3.05) is 25.4 Å². The van der Waals surface area contributed by atoms with Crippen molar-refractivity contribution >= 4 is 35.1 Å². The maximum atomic E-state index is 13.6. The zero-order valence-corrected chi connectivity index (χ0v) is 21.0. The van der Waals surface area contributed by atoms with Gasteiger partial charge in [-0.25, -0.2) is 0 Å².